The van der Waals surface area contributed by atoms with E-state index in [1.165, 1.54) is 76.3 Å². The molecule has 0 spiro atoms. The van der Waals surface area contributed by atoms with Gasteiger partial charge in [-0.2, -0.15) is 13.2 Å². The van der Waals surface area contributed by atoms with E-state index in [1.54, 1.807) is 12.1 Å². The molecule has 2 fully saturated rings. The number of hydrogen-bond donors (Lipinski definition) is 0. The molecular weight excluding hydrogens is 369 g/mol. The molecule has 0 aromatic heterocycles. The van der Waals surface area contributed by atoms with Crippen LogP contribution in [0.5, 0.6) is 0 Å². The van der Waals surface area contributed by atoms with Crippen molar-refractivity contribution in [2.24, 2.45) is 23.7 Å². The first-order valence-corrected chi connectivity index (χ1v) is 11.7. The van der Waals surface area contributed by atoms with E-state index >= 15 is 0 Å². The van der Waals surface area contributed by atoms with Gasteiger partial charge in [0, 0.05) is 0 Å². The topological polar surface area (TPSA) is 0 Å². The molecule has 0 amide bonds. The highest BCUT2D eigenvalue weighted by Crippen LogP contribution is 2.46. The van der Waals surface area contributed by atoms with Crippen LogP contribution in [0.15, 0.2) is 36.9 Å². The summed E-state index contributed by atoms with van der Waals surface area (Å²) in [6.07, 6.45) is 11.9. The molecule has 0 saturated heterocycles. The Balaban J connectivity index is 1.57. The molecule has 2 aliphatic rings. The van der Waals surface area contributed by atoms with Gasteiger partial charge in [0.1, 0.15) is 0 Å². The molecule has 1 aromatic rings. The van der Waals surface area contributed by atoms with E-state index in [1.807, 2.05) is 6.08 Å². The molecule has 2 aliphatic carbocycles. The monoisotopic (exact) mass is 406 g/mol. The molecule has 1 atom stereocenters. The number of rotatable bonds is 7. The molecule has 1 aromatic carbocycles. The maximum Gasteiger partial charge on any atom is 0.416 e. The average Bonchev–Trinajstić information content (AvgIpc) is 2.73. The summed E-state index contributed by atoms with van der Waals surface area (Å²) in [5, 5.41) is 0. The zero-order valence-corrected chi connectivity index (χ0v) is 17.9. The van der Waals surface area contributed by atoms with E-state index in [4.69, 9.17) is 0 Å². The second-order valence-corrected chi connectivity index (χ2v) is 9.49. The minimum atomic E-state index is -4.26. The van der Waals surface area contributed by atoms with Crippen LogP contribution >= 0.6 is 0 Å². The number of hydrogen-bond acceptors (Lipinski definition) is 0. The quantitative estimate of drug-likeness (QED) is 0.397. The summed E-state index contributed by atoms with van der Waals surface area (Å²) in [5.74, 6) is 3.61. The molecule has 0 N–H and O–H groups in total. The lowest BCUT2D eigenvalue weighted by molar-refractivity contribution is -0.137. The fraction of sp³-hybridized carbons (Fsp3) is 0.692. The van der Waals surface area contributed by atoms with Crippen LogP contribution in [0, 0.1) is 23.7 Å². The first-order valence-electron chi connectivity index (χ1n) is 11.7. The zero-order chi connectivity index (χ0) is 20.9. The van der Waals surface area contributed by atoms with Gasteiger partial charge in [-0.15, -0.1) is 6.58 Å². The van der Waals surface area contributed by atoms with Crippen LogP contribution in [0.4, 0.5) is 13.2 Å². The Hall–Kier alpha value is -1.25. The van der Waals surface area contributed by atoms with Crippen LogP contribution in [0.3, 0.4) is 0 Å². The third-order valence-corrected chi connectivity index (χ3v) is 7.73. The third-order valence-electron chi connectivity index (χ3n) is 7.73. The van der Waals surface area contributed by atoms with Crippen molar-refractivity contribution in [2.75, 3.05) is 0 Å². The molecule has 0 aliphatic heterocycles. The Labute approximate surface area is 175 Å². The summed E-state index contributed by atoms with van der Waals surface area (Å²) in [6.45, 7) is 6.20. The molecule has 3 rings (SSSR count). The van der Waals surface area contributed by atoms with Crippen molar-refractivity contribution < 1.29 is 13.2 Å². The van der Waals surface area contributed by atoms with Crippen molar-refractivity contribution in [1.29, 1.82) is 0 Å². The van der Waals surface area contributed by atoms with Crippen molar-refractivity contribution in [3.63, 3.8) is 0 Å². The molecule has 29 heavy (non-hydrogen) atoms. The summed E-state index contributed by atoms with van der Waals surface area (Å²) >= 11 is 0. The molecule has 2 saturated carbocycles. The van der Waals surface area contributed by atoms with Gasteiger partial charge in [0.05, 0.1) is 5.56 Å². The van der Waals surface area contributed by atoms with Crippen LogP contribution < -0.4 is 0 Å². The van der Waals surface area contributed by atoms with Crippen molar-refractivity contribution in [3.8, 4) is 0 Å². The van der Waals surface area contributed by atoms with Gasteiger partial charge < -0.3 is 0 Å². The Kier molecular flexibility index (Phi) is 7.87. The fourth-order valence-electron chi connectivity index (χ4n) is 6.07. The second-order valence-electron chi connectivity index (χ2n) is 9.49. The minimum Gasteiger partial charge on any atom is -0.166 e. The maximum absolute atomic E-state index is 12.9. The highest BCUT2D eigenvalue weighted by molar-refractivity contribution is 5.28. The fourth-order valence-corrected chi connectivity index (χ4v) is 6.07. The van der Waals surface area contributed by atoms with Gasteiger partial charge in [0.25, 0.3) is 0 Å². The predicted octanol–water partition coefficient (Wildman–Crippen LogP) is 8.78. The number of allylic oxidation sites excluding steroid dienone is 1. The van der Waals surface area contributed by atoms with Crippen LogP contribution in [0.2, 0.25) is 0 Å². The Bertz CT molecular complexity index is 614. The summed E-state index contributed by atoms with van der Waals surface area (Å²) in [4.78, 5) is 0. The van der Waals surface area contributed by atoms with Gasteiger partial charge in [0.15, 0.2) is 0 Å². The highest BCUT2D eigenvalue weighted by atomic mass is 19.4. The van der Waals surface area contributed by atoms with Crippen molar-refractivity contribution in [2.45, 2.75) is 89.6 Å². The smallest absolute Gasteiger partial charge is 0.166 e. The van der Waals surface area contributed by atoms with Crippen LogP contribution in [-0.4, -0.2) is 0 Å². The van der Waals surface area contributed by atoms with E-state index in [9.17, 15) is 13.2 Å². The molecule has 0 heterocycles. The number of benzene rings is 1. The Morgan fingerprint density at radius 3 is 1.97 bits per heavy atom. The largest absolute Gasteiger partial charge is 0.416 e. The molecule has 0 bridgehead atoms. The third kappa shape index (κ3) is 5.89. The van der Waals surface area contributed by atoms with Crippen molar-refractivity contribution in [3.05, 3.63) is 48.0 Å². The van der Waals surface area contributed by atoms with Gasteiger partial charge in [-0.05, 0) is 92.2 Å². The molecule has 3 heteroatoms. The van der Waals surface area contributed by atoms with E-state index in [-0.39, 0.29) is 0 Å². The normalized spacial score (nSPS) is 29.4. The Morgan fingerprint density at radius 1 is 0.931 bits per heavy atom. The van der Waals surface area contributed by atoms with E-state index < -0.39 is 11.7 Å². The minimum absolute atomic E-state index is 0.302. The second kappa shape index (κ2) is 10.2. The van der Waals surface area contributed by atoms with Crippen molar-refractivity contribution >= 4 is 0 Å². The predicted molar refractivity (Wildman–Crippen MR) is 115 cm³/mol. The standard InChI is InChI=1S/C26H37F3/c1-3-5-19-7-9-20(10-8-19)21-11-13-22(14-12-21)25(6-4-2)23-15-17-24(18-16-23)26(27,28)29/h4,15-22,25H,2-3,5-14H2,1H3. The van der Waals surface area contributed by atoms with E-state index in [0.29, 0.717) is 11.8 Å². The maximum atomic E-state index is 12.9. The SMILES string of the molecule is C=CCC(c1ccc(C(F)(F)F)cc1)C1CCC(C2CCC(CCC)CC2)CC1. The highest BCUT2D eigenvalue weighted by Gasteiger charge is 2.34. The first-order chi connectivity index (χ1) is 13.9. The van der Waals surface area contributed by atoms with Crippen LogP contribution in [-0.2, 0) is 6.18 Å². The van der Waals surface area contributed by atoms with Gasteiger partial charge in [0.2, 0.25) is 0 Å². The summed E-state index contributed by atoms with van der Waals surface area (Å²) in [7, 11) is 0. The molecular formula is C26H37F3. The summed E-state index contributed by atoms with van der Waals surface area (Å²) in [5.41, 5.74) is 0.488. The average molecular weight is 407 g/mol. The van der Waals surface area contributed by atoms with Crippen LogP contribution in [0.25, 0.3) is 0 Å². The number of alkyl halides is 3. The van der Waals surface area contributed by atoms with Crippen LogP contribution in [0.1, 0.15) is 94.6 Å². The lowest BCUT2D eigenvalue weighted by Gasteiger charge is -2.40. The van der Waals surface area contributed by atoms with E-state index in [2.05, 4.69) is 13.5 Å². The number of halogens is 3. The van der Waals surface area contributed by atoms with Gasteiger partial charge >= 0.3 is 6.18 Å². The van der Waals surface area contributed by atoms with Crippen molar-refractivity contribution in [1.82, 2.24) is 0 Å². The molecule has 1 unspecified atom stereocenters. The van der Waals surface area contributed by atoms with E-state index in [0.717, 1.165) is 29.7 Å². The first kappa shape index (κ1) is 22.4. The molecule has 0 radical (unpaired) electrons. The molecule has 0 nitrogen and oxygen atoms in total. The summed E-state index contributed by atoms with van der Waals surface area (Å²) in [6, 6.07) is 5.87. The lowest BCUT2D eigenvalue weighted by atomic mass is 9.66. The van der Waals surface area contributed by atoms with Gasteiger partial charge in [-0.3, -0.25) is 0 Å². The zero-order valence-electron chi connectivity index (χ0n) is 17.9. The lowest BCUT2D eigenvalue weighted by Crippen LogP contribution is -2.27. The summed E-state index contributed by atoms with van der Waals surface area (Å²) < 4.78 is 38.7. The van der Waals surface area contributed by atoms with Gasteiger partial charge in [-0.25, -0.2) is 0 Å². The Morgan fingerprint density at radius 2 is 1.48 bits per heavy atom. The molecule has 162 valence electrons. The van der Waals surface area contributed by atoms with Gasteiger partial charge in [-0.1, -0.05) is 50.8 Å².